The molecule has 2 aromatic rings. The predicted molar refractivity (Wildman–Crippen MR) is 234 cm³/mol. The molecular formula is C40H68BBrN5O10S. The van der Waals surface area contributed by atoms with Gasteiger partial charge in [0.05, 0.1) is 27.4 Å². The van der Waals surface area contributed by atoms with Crippen molar-refractivity contribution in [3.8, 4) is 23.3 Å². The second-order valence-corrected chi connectivity index (χ2v) is 16.7. The molecule has 2 amide bonds. The van der Waals surface area contributed by atoms with Crippen molar-refractivity contribution in [1.82, 2.24) is 20.6 Å². The van der Waals surface area contributed by atoms with Crippen molar-refractivity contribution < 1.29 is 47.5 Å². The summed E-state index contributed by atoms with van der Waals surface area (Å²) < 4.78 is 46.4. The number of thiol groups is 1. The van der Waals surface area contributed by atoms with E-state index >= 15 is 0 Å². The van der Waals surface area contributed by atoms with Gasteiger partial charge in [-0.3, -0.25) is 0 Å². The molecular weight excluding hydrogens is 833 g/mol. The third kappa shape index (κ3) is 24.5. The molecule has 0 fully saturated rings. The van der Waals surface area contributed by atoms with Crippen molar-refractivity contribution in [2.75, 3.05) is 54.9 Å². The molecule has 2 rings (SSSR count). The fourth-order valence-corrected chi connectivity index (χ4v) is 5.25. The molecule has 0 aliphatic rings. The van der Waals surface area contributed by atoms with Gasteiger partial charge in [-0.05, 0) is 105 Å². The van der Waals surface area contributed by atoms with Gasteiger partial charge < -0.3 is 48.5 Å². The number of amides is 2. The molecule has 0 aliphatic heterocycles. The number of ether oxygens (including phenoxy) is 8. The number of nitrogens with zero attached hydrogens (tertiary/aromatic N) is 3. The van der Waals surface area contributed by atoms with E-state index in [1.54, 1.807) is 34.6 Å². The van der Waals surface area contributed by atoms with Gasteiger partial charge in [0.15, 0.2) is 11.5 Å². The summed E-state index contributed by atoms with van der Waals surface area (Å²) in [6.45, 7) is 21.5. The van der Waals surface area contributed by atoms with Crippen LogP contribution < -0.4 is 29.6 Å². The van der Waals surface area contributed by atoms with Crippen LogP contribution in [0.2, 0.25) is 0 Å². The van der Waals surface area contributed by atoms with Gasteiger partial charge in [-0.1, -0.05) is 27.7 Å². The van der Waals surface area contributed by atoms with Crippen LogP contribution in [0.4, 0.5) is 9.59 Å². The first-order valence-electron chi connectivity index (χ1n) is 19.2. The zero-order valence-corrected chi connectivity index (χ0v) is 39.5. The van der Waals surface area contributed by atoms with Crippen LogP contribution in [0.25, 0.3) is 0 Å². The zero-order valence-electron chi connectivity index (χ0n) is 37.0. The first kappa shape index (κ1) is 54.7. The summed E-state index contributed by atoms with van der Waals surface area (Å²) in [5, 5.41) is 5.91. The van der Waals surface area contributed by atoms with Gasteiger partial charge in [-0.2, -0.15) is 0 Å². The van der Waals surface area contributed by atoms with Crippen molar-refractivity contribution in [3.05, 3.63) is 34.1 Å². The summed E-state index contributed by atoms with van der Waals surface area (Å²) in [6, 6.07) is 3.60. The van der Waals surface area contributed by atoms with E-state index in [2.05, 4.69) is 89.0 Å². The summed E-state index contributed by atoms with van der Waals surface area (Å²) >= 11 is 6.69. The van der Waals surface area contributed by atoms with Gasteiger partial charge in [0.2, 0.25) is 0 Å². The average molecular weight is 902 g/mol. The van der Waals surface area contributed by atoms with Gasteiger partial charge in [0, 0.05) is 58.6 Å². The standard InChI is InChI=1S/C20H33BrN2O5.C20H34N2O5.BHNS/c1-13(2)15(22-19(24)28-20(3,4)5)11-14-12-16(27-10-8-9-25-6)18(26-7)23-17(14)21;1-14(2)16(22-19(23)27-20(3,4)5)11-15-12-17(18(25-7)21-13-15)26-10-8-9-24-6;1-2-3/h12-13,15H,8-11H2,1-7H3,(H,22,24);12-14,16H,8-11H2,1-7H3,(H,22,23);3H/t15-;16-;/m00./s1. The topological polar surface area (TPSA) is 170 Å². The SMILES string of the molecule is COCCCOc1cc(C[C@H](NC(=O)OC(C)(C)C)C(C)C)c(Br)nc1OC.COCCCOc1cc(C[C@H](NC(=O)OC(C)(C)C)C(C)C)cnc1OC.[B]=NS. The molecule has 58 heavy (non-hydrogen) atoms. The number of methoxy groups -OCH3 is 4. The van der Waals surface area contributed by atoms with E-state index in [1.807, 2.05) is 53.7 Å². The summed E-state index contributed by atoms with van der Waals surface area (Å²) in [5.74, 6) is 2.44. The number of hydrogen-bond donors (Lipinski definition) is 3. The van der Waals surface area contributed by atoms with Crippen molar-refractivity contribution in [1.29, 1.82) is 0 Å². The summed E-state index contributed by atoms with van der Waals surface area (Å²) in [7, 11) is 10.8. The van der Waals surface area contributed by atoms with Crippen LogP contribution in [-0.2, 0) is 31.8 Å². The molecule has 18 heteroatoms. The van der Waals surface area contributed by atoms with Gasteiger partial charge in [0.1, 0.15) is 15.8 Å². The van der Waals surface area contributed by atoms with Crippen LogP contribution in [0.3, 0.4) is 0 Å². The second-order valence-electron chi connectivity index (χ2n) is 15.7. The van der Waals surface area contributed by atoms with E-state index < -0.39 is 23.4 Å². The molecule has 0 spiro atoms. The van der Waals surface area contributed by atoms with Crippen LogP contribution in [-0.4, -0.2) is 108 Å². The maximum atomic E-state index is 12.2. The molecule has 0 saturated carbocycles. The van der Waals surface area contributed by atoms with Crippen LogP contribution >= 0.6 is 28.7 Å². The third-order valence-corrected chi connectivity index (χ3v) is 8.34. The zero-order chi connectivity index (χ0) is 44.5. The van der Waals surface area contributed by atoms with Gasteiger partial charge in [-0.25, -0.2) is 19.6 Å². The van der Waals surface area contributed by atoms with Crippen LogP contribution in [0, 0.1) is 11.8 Å². The molecule has 0 saturated heterocycles. The monoisotopic (exact) mass is 900 g/mol. The Kier molecular flexibility index (Phi) is 27.3. The molecule has 2 N–H and O–H groups in total. The van der Waals surface area contributed by atoms with Crippen molar-refractivity contribution >= 4 is 48.6 Å². The normalized spacial score (nSPS) is 12.2. The quantitative estimate of drug-likeness (QED) is 0.0506. The number of carbonyl (C=O) groups excluding carboxylic acids is 2. The van der Waals surface area contributed by atoms with E-state index in [-0.39, 0.29) is 23.9 Å². The van der Waals surface area contributed by atoms with Crippen molar-refractivity contribution in [2.45, 2.75) is 118 Å². The van der Waals surface area contributed by atoms with E-state index in [0.29, 0.717) is 67.1 Å². The van der Waals surface area contributed by atoms with Crippen LogP contribution in [0.15, 0.2) is 27.2 Å². The molecule has 0 aliphatic carbocycles. The predicted octanol–water partition coefficient (Wildman–Crippen LogP) is 8.14. The molecule has 15 nitrogen and oxygen atoms in total. The summed E-state index contributed by atoms with van der Waals surface area (Å²) in [4.78, 5) is 33.1. The van der Waals surface area contributed by atoms with Gasteiger partial charge >= 0.3 is 36.9 Å². The van der Waals surface area contributed by atoms with E-state index in [9.17, 15) is 9.59 Å². The Morgan fingerprint density at radius 2 is 1.19 bits per heavy atom. The van der Waals surface area contributed by atoms with E-state index in [1.165, 1.54) is 0 Å². The van der Waals surface area contributed by atoms with Gasteiger partial charge in [-0.15, -0.1) is 0 Å². The number of halogens is 1. The first-order chi connectivity index (χ1) is 27.1. The fourth-order valence-electron chi connectivity index (χ4n) is 4.82. The number of hydrogen-bond acceptors (Lipinski definition) is 14. The second kappa shape index (κ2) is 29.0. The molecule has 0 unspecified atom stereocenters. The Morgan fingerprint density at radius 3 is 1.59 bits per heavy atom. The number of rotatable bonds is 20. The third-order valence-electron chi connectivity index (χ3n) is 7.65. The van der Waals surface area contributed by atoms with Crippen molar-refractivity contribution in [3.63, 3.8) is 0 Å². The number of carbonyl (C=O) groups is 2. The Hall–Kier alpha value is -3.35. The molecule has 2 aromatic heterocycles. The van der Waals surface area contributed by atoms with Crippen molar-refractivity contribution in [2.24, 2.45) is 16.1 Å². The van der Waals surface area contributed by atoms with E-state index in [0.717, 1.165) is 24.0 Å². The molecule has 2 atom stereocenters. The summed E-state index contributed by atoms with van der Waals surface area (Å²) in [5.41, 5.74) is 0.790. The molecule has 329 valence electrons. The average Bonchev–Trinajstić information content (AvgIpc) is 3.11. The summed E-state index contributed by atoms with van der Waals surface area (Å²) in [6.07, 6.45) is 3.62. The molecule has 1 radical (unpaired) electrons. The van der Waals surface area contributed by atoms with Crippen LogP contribution in [0.5, 0.6) is 23.3 Å². The molecule has 0 aromatic carbocycles. The van der Waals surface area contributed by atoms with Crippen LogP contribution in [0.1, 0.15) is 93.2 Å². The number of pyridine rings is 2. The Bertz CT molecular complexity index is 1500. The molecule has 0 bridgehead atoms. The minimum absolute atomic E-state index is 0.0867. The minimum atomic E-state index is -0.545. The molecule has 2 heterocycles. The number of aromatic nitrogens is 2. The fraction of sp³-hybridized carbons (Fsp3) is 0.700. The Balaban J connectivity index is 0.00000105. The first-order valence-corrected chi connectivity index (χ1v) is 20.4. The van der Waals surface area contributed by atoms with E-state index in [4.69, 9.17) is 37.9 Å². The number of alkyl carbamates (subject to hydrolysis) is 2. The Morgan fingerprint density at radius 1 is 0.759 bits per heavy atom. The number of nitrogens with one attached hydrogen (secondary N) is 2. The maximum absolute atomic E-state index is 12.2. The van der Waals surface area contributed by atoms with Gasteiger partial charge in [0.25, 0.3) is 11.8 Å². The Labute approximate surface area is 361 Å².